The molecule has 0 aliphatic heterocycles. The van der Waals surface area contributed by atoms with Gasteiger partial charge in [-0.05, 0) is 50.5 Å². The van der Waals surface area contributed by atoms with Crippen molar-refractivity contribution >= 4 is 12.1 Å². The zero-order valence-electron chi connectivity index (χ0n) is 18.1. The molecule has 3 N–H and O–H groups in total. The molecule has 2 aromatic rings. The molecule has 1 unspecified atom stereocenters. The van der Waals surface area contributed by atoms with Crippen molar-refractivity contribution in [3.05, 3.63) is 65.7 Å². The van der Waals surface area contributed by atoms with Crippen LogP contribution in [-0.2, 0) is 22.6 Å². The van der Waals surface area contributed by atoms with Gasteiger partial charge in [-0.3, -0.25) is 5.32 Å². The van der Waals surface area contributed by atoms with Gasteiger partial charge in [-0.15, -0.1) is 0 Å². The fourth-order valence-electron chi connectivity index (χ4n) is 2.77. The topological polar surface area (TPSA) is 105 Å². The van der Waals surface area contributed by atoms with Crippen LogP contribution in [0.5, 0.6) is 5.75 Å². The molecule has 0 saturated heterocycles. The number of alkyl halides is 2. The number of rotatable bonds is 9. The Morgan fingerprint density at radius 2 is 1.56 bits per heavy atom. The highest BCUT2D eigenvalue weighted by Gasteiger charge is 2.60. The van der Waals surface area contributed by atoms with E-state index in [0.717, 1.165) is 5.56 Å². The largest absolute Gasteiger partial charge is 0.489 e. The van der Waals surface area contributed by atoms with E-state index in [1.54, 1.807) is 29.6 Å². The molecule has 0 radical (unpaired) electrons. The summed E-state index contributed by atoms with van der Waals surface area (Å²) in [4.78, 5) is 23.0. The van der Waals surface area contributed by atoms with Gasteiger partial charge in [0.1, 0.15) is 18.0 Å². The molecule has 0 aromatic heterocycles. The van der Waals surface area contributed by atoms with E-state index < -0.39 is 35.7 Å². The van der Waals surface area contributed by atoms with E-state index in [-0.39, 0.29) is 6.42 Å². The number of aliphatic carboxylic acids is 1. The van der Waals surface area contributed by atoms with Gasteiger partial charge in [0, 0.05) is 6.42 Å². The molecule has 0 saturated carbocycles. The van der Waals surface area contributed by atoms with Crippen LogP contribution in [0.25, 0.3) is 0 Å². The second kappa shape index (κ2) is 9.95. The minimum absolute atomic E-state index is 0.145. The second-order valence-electron chi connectivity index (χ2n) is 8.28. The number of carboxylic acid groups (broad SMARTS) is 1. The highest BCUT2D eigenvalue weighted by Crippen LogP contribution is 2.32. The van der Waals surface area contributed by atoms with Crippen LogP contribution >= 0.6 is 0 Å². The maximum absolute atomic E-state index is 14.3. The Kier molecular flexibility index (Phi) is 7.79. The summed E-state index contributed by atoms with van der Waals surface area (Å²) in [6, 6.07) is 16.0. The van der Waals surface area contributed by atoms with Crippen molar-refractivity contribution in [1.29, 1.82) is 0 Å². The highest BCUT2D eigenvalue weighted by atomic mass is 19.3. The van der Waals surface area contributed by atoms with Crippen LogP contribution < -0.4 is 10.1 Å². The Morgan fingerprint density at radius 3 is 2.09 bits per heavy atom. The first kappa shape index (κ1) is 25.1. The number of halogens is 2. The number of nitrogens with one attached hydrogen (secondary N) is 1. The van der Waals surface area contributed by atoms with Crippen molar-refractivity contribution in [1.82, 2.24) is 5.32 Å². The minimum Gasteiger partial charge on any atom is -0.489 e. The number of carbonyl (C=O) groups excluding carboxylic acids is 1. The lowest BCUT2D eigenvalue weighted by molar-refractivity contribution is -0.217. The molecule has 0 aliphatic carbocycles. The number of carboxylic acids is 1. The molecular formula is C23H27F2NO6. The summed E-state index contributed by atoms with van der Waals surface area (Å²) in [7, 11) is 0. The van der Waals surface area contributed by atoms with E-state index in [0.29, 0.717) is 17.9 Å². The highest BCUT2D eigenvalue weighted by molar-refractivity contribution is 5.79. The summed E-state index contributed by atoms with van der Waals surface area (Å²) in [6.45, 7) is 4.86. The number of hydrogen-bond donors (Lipinski definition) is 3. The third-order valence-corrected chi connectivity index (χ3v) is 4.44. The van der Waals surface area contributed by atoms with E-state index in [1.165, 1.54) is 20.8 Å². The summed E-state index contributed by atoms with van der Waals surface area (Å²) in [6.07, 6.45) is -2.27. The Bertz CT molecular complexity index is 912. The van der Waals surface area contributed by atoms with Gasteiger partial charge in [0.15, 0.2) is 0 Å². The molecule has 32 heavy (non-hydrogen) atoms. The lowest BCUT2D eigenvalue weighted by Gasteiger charge is -2.34. The fourth-order valence-corrected chi connectivity index (χ4v) is 2.77. The Hall–Kier alpha value is -3.20. The molecule has 0 aliphatic rings. The summed E-state index contributed by atoms with van der Waals surface area (Å²) < 4.78 is 39.1. The van der Waals surface area contributed by atoms with Gasteiger partial charge in [0.05, 0.1) is 0 Å². The lowest BCUT2D eigenvalue weighted by Crippen LogP contribution is -2.64. The first-order valence-electron chi connectivity index (χ1n) is 9.93. The van der Waals surface area contributed by atoms with Crippen LogP contribution in [0.2, 0.25) is 0 Å². The lowest BCUT2D eigenvalue weighted by atomic mass is 9.96. The second-order valence-corrected chi connectivity index (χ2v) is 8.28. The molecule has 7 nitrogen and oxygen atoms in total. The third kappa shape index (κ3) is 6.91. The zero-order valence-corrected chi connectivity index (χ0v) is 18.1. The van der Waals surface area contributed by atoms with E-state index in [4.69, 9.17) is 14.6 Å². The Labute approximate surface area is 185 Å². The first-order valence-corrected chi connectivity index (χ1v) is 9.93. The van der Waals surface area contributed by atoms with Gasteiger partial charge in [-0.2, -0.15) is 8.78 Å². The van der Waals surface area contributed by atoms with Gasteiger partial charge in [-0.1, -0.05) is 42.5 Å². The van der Waals surface area contributed by atoms with Crippen molar-refractivity contribution in [3.63, 3.8) is 0 Å². The molecule has 0 spiro atoms. The van der Waals surface area contributed by atoms with Crippen molar-refractivity contribution in [2.75, 3.05) is 0 Å². The fraction of sp³-hybridized carbons (Fsp3) is 0.391. The zero-order chi connectivity index (χ0) is 24.0. The van der Waals surface area contributed by atoms with Gasteiger partial charge >= 0.3 is 18.0 Å². The summed E-state index contributed by atoms with van der Waals surface area (Å²) in [5.74, 6) is -6.67. The smallest absolute Gasteiger partial charge is 0.410 e. The number of carbonyl (C=O) groups is 2. The average Bonchev–Trinajstić information content (AvgIpc) is 2.70. The number of ether oxygens (including phenoxy) is 2. The van der Waals surface area contributed by atoms with Gasteiger partial charge in [-0.25, -0.2) is 9.59 Å². The van der Waals surface area contributed by atoms with Crippen LogP contribution in [0.15, 0.2) is 54.6 Å². The maximum Gasteiger partial charge on any atom is 0.410 e. The quantitative estimate of drug-likeness (QED) is 0.495. The van der Waals surface area contributed by atoms with Gasteiger partial charge in [0.2, 0.25) is 5.72 Å². The summed E-state index contributed by atoms with van der Waals surface area (Å²) in [5.41, 5.74) is -2.88. The monoisotopic (exact) mass is 451 g/mol. The first-order chi connectivity index (χ1) is 14.8. The van der Waals surface area contributed by atoms with E-state index in [2.05, 4.69) is 0 Å². The number of aliphatic hydroxyl groups is 1. The number of hydrogen-bond acceptors (Lipinski definition) is 5. The predicted molar refractivity (Wildman–Crippen MR) is 112 cm³/mol. The van der Waals surface area contributed by atoms with Crippen molar-refractivity contribution in [2.24, 2.45) is 0 Å². The van der Waals surface area contributed by atoms with Crippen molar-refractivity contribution in [2.45, 2.75) is 57.5 Å². The number of benzene rings is 2. The minimum atomic E-state index is -4.65. The molecule has 2 aromatic carbocycles. The average molecular weight is 451 g/mol. The van der Waals surface area contributed by atoms with Crippen molar-refractivity contribution in [3.8, 4) is 5.75 Å². The van der Waals surface area contributed by atoms with Crippen molar-refractivity contribution < 1.29 is 38.1 Å². The SMILES string of the molecule is CC(C)(C)OC(=O)NC(O)(CCc1ccc(OCc2ccccc2)cc1)C(F)(F)C(=O)O. The standard InChI is InChI=1S/C23H27F2NO6/c1-21(2,3)32-20(29)26-22(30,23(24,25)19(27)28)14-13-16-9-11-18(12-10-16)31-15-17-7-5-4-6-8-17/h4-12,30H,13-15H2,1-3H3,(H,26,29)(H,27,28). The number of alkyl carbamates (subject to hydrolysis) is 1. The van der Waals surface area contributed by atoms with E-state index in [1.807, 2.05) is 30.3 Å². The van der Waals surface area contributed by atoms with Gasteiger partial charge in [0.25, 0.3) is 0 Å². The van der Waals surface area contributed by atoms with Crippen LogP contribution in [-0.4, -0.2) is 39.5 Å². The van der Waals surface area contributed by atoms with Crippen LogP contribution in [0.4, 0.5) is 13.6 Å². The maximum atomic E-state index is 14.3. The molecule has 174 valence electrons. The molecule has 9 heteroatoms. The summed E-state index contributed by atoms with van der Waals surface area (Å²) in [5, 5.41) is 21.0. The molecule has 0 bridgehead atoms. The number of aryl methyl sites for hydroxylation is 1. The molecule has 2 rings (SSSR count). The van der Waals surface area contributed by atoms with Crippen LogP contribution in [0, 0.1) is 0 Å². The number of amides is 1. The normalized spacial score (nSPS) is 13.7. The molecule has 0 heterocycles. The Morgan fingerprint density at radius 1 is 0.969 bits per heavy atom. The van der Waals surface area contributed by atoms with E-state index in [9.17, 15) is 23.5 Å². The Balaban J connectivity index is 2.06. The van der Waals surface area contributed by atoms with E-state index >= 15 is 0 Å². The predicted octanol–water partition coefficient (Wildman–Crippen LogP) is 4.13. The molecule has 1 amide bonds. The molecular weight excluding hydrogens is 424 g/mol. The van der Waals surface area contributed by atoms with Crippen LogP contribution in [0.1, 0.15) is 38.3 Å². The van der Waals surface area contributed by atoms with Gasteiger partial charge < -0.3 is 19.7 Å². The molecule has 1 atom stereocenters. The molecule has 0 fully saturated rings. The third-order valence-electron chi connectivity index (χ3n) is 4.44. The van der Waals surface area contributed by atoms with Crippen LogP contribution in [0.3, 0.4) is 0 Å². The summed E-state index contributed by atoms with van der Waals surface area (Å²) >= 11 is 0.